The third-order valence-electron chi connectivity index (χ3n) is 7.22. The molecule has 0 spiro atoms. The van der Waals surface area contributed by atoms with Gasteiger partial charge in [-0.05, 0) is 47.5 Å². The largest absolute Gasteiger partial charge is 0.454 e. The Morgan fingerprint density at radius 3 is 2.15 bits per heavy atom. The molecule has 194 valence electrons. The van der Waals surface area contributed by atoms with Gasteiger partial charge in [-0.15, -0.1) is 0 Å². The first-order valence-corrected chi connectivity index (χ1v) is 13.4. The Labute approximate surface area is 235 Å². The highest BCUT2D eigenvalue weighted by molar-refractivity contribution is 6.10. The number of hydrogen-bond acceptors (Lipinski definition) is 6. The average molecular weight is 531 g/mol. The van der Waals surface area contributed by atoms with Gasteiger partial charge in [-0.25, -0.2) is 9.97 Å². The number of rotatable bonds is 4. The van der Waals surface area contributed by atoms with Crippen LogP contribution in [0.5, 0.6) is 11.8 Å². The van der Waals surface area contributed by atoms with E-state index in [9.17, 15) is 0 Å². The summed E-state index contributed by atoms with van der Waals surface area (Å²) in [5.41, 5.74) is 10.1. The second-order valence-corrected chi connectivity index (χ2v) is 9.77. The summed E-state index contributed by atoms with van der Waals surface area (Å²) in [7, 11) is 0. The van der Waals surface area contributed by atoms with Gasteiger partial charge in [0, 0.05) is 35.1 Å². The Hall–Kier alpha value is -5.75. The minimum Gasteiger partial charge on any atom is -0.454 e. The van der Waals surface area contributed by atoms with Crippen LogP contribution in [-0.2, 0) is 0 Å². The number of nitrogens with zero attached hydrogens (tertiary/aromatic N) is 3. The fourth-order valence-electron chi connectivity index (χ4n) is 5.34. The minimum absolute atomic E-state index is 0.451. The number of benzene rings is 3. The molecule has 7 aromatic rings. The van der Waals surface area contributed by atoms with Gasteiger partial charge in [-0.3, -0.25) is 4.98 Å². The van der Waals surface area contributed by atoms with Crippen LogP contribution in [0.2, 0.25) is 0 Å². The number of ether oxygens (including phenoxy) is 1. The maximum absolute atomic E-state index is 6.21. The predicted molar refractivity (Wildman–Crippen MR) is 163 cm³/mol. The van der Waals surface area contributed by atoms with Crippen molar-refractivity contribution in [2.24, 2.45) is 0 Å². The molecular formula is C35H22N4O2. The van der Waals surface area contributed by atoms with Crippen molar-refractivity contribution in [2.75, 3.05) is 5.32 Å². The number of anilines is 2. The number of pyridine rings is 3. The van der Waals surface area contributed by atoms with Gasteiger partial charge >= 0.3 is 0 Å². The normalized spacial score (nSPS) is 12.0. The number of hydrogen-bond donors (Lipinski definition) is 1. The summed E-state index contributed by atoms with van der Waals surface area (Å²) in [4.78, 5) is 14.3. The average Bonchev–Trinajstić information content (AvgIpc) is 3.29. The summed E-state index contributed by atoms with van der Waals surface area (Å²) < 4.78 is 12.2. The van der Waals surface area contributed by atoms with Crippen LogP contribution in [0.3, 0.4) is 0 Å². The van der Waals surface area contributed by atoms with Crippen LogP contribution in [0.25, 0.3) is 56.7 Å². The van der Waals surface area contributed by atoms with Crippen molar-refractivity contribution in [3.63, 3.8) is 0 Å². The molecule has 1 N–H and O–H groups in total. The van der Waals surface area contributed by atoms with Crippen molar-refractivity contribution >= 4 is 45.6 Å². The van der Waals surface area contributed by atoms with Gasteiger partial charge in [0.05, 0.1) is 22.5 Å². The lowest BCUT2D eigenvalue weighted by molar-refractivity contribution is 0.446. The number of aromatic nitrogens is 3. The summed E-state index contributed by atoms with van der Waals surface area (Å²) in [5.74, 6) is 0.912. The van der Waals surface area contributed by atoms with Gasteiger partial charge in [0.2, 0.25) is 11.8 Å². The maximum Gasteiger partial charge on any atom is 0.221 e. The molecule has 8 rings (SSSR count). The Bertz CT molecular complexity index is 2130. The Kier molecular flexibility index (Phi) is 5.35. The monoisotopic (exact) mass is 530 g/mol. The highest BCUT2D eigenvalue weighted by Crippen LogP contribution is 2.38. The van der Waals surface area contributed by atoms with Crippen LogP contribution >= 0.6 is 0 Å². The molecule has 41 heavy (non-hydrogen) atoms. The van der Waals surface area contributed by atoms with Crippen LogP contribution in [0.4, 0.5) is 11.4 Å². The molecule has 0 radical (unpaired) electrons. The predicted octanol–water partition coefficient (Wildman–Crippen LogP) is 9.12. The molecule has 4 aromatic heterocycles. The smallest absolute Gasteiger partial charge is 0.221 e. The van der Waals surface area contributed by atoms with Gasteiger partial charge in [-0.1, -0.05) is 72.8 Å². The number of para-hydroxylation sites is 2. The van der Waals surface area contributed by atoms with Gasteiger partial charge in [0.1, 0.15) is 11.1 Å². The Morgan fingerprint density at radius 2 is 1.27 bits per heavy atom. The van der Waals surface area contributed by atoms with Crippen molar-refractivity contribution in [2.45, 2.75) is 0 Å². The van der Waals surface area contributed by atoms with Crippen LogP contribution in [0.1, 0.15) is 11.1 Å². The van der Waals surface area contributed by atoms with E-state index in [0.29, 0.717) is 11.8 Å². The van der Waals surface area contributed by atoms with E-state index in [1.54, 1.807) is 6.20 Å². The molecule has 1 aliphatic rings. The van der Waals surface area contributed by atoms with Crippen molar-refractivity contribution in [3.05, 3.63) is 127 Å². The van der Waals surface area contributed by atoms with Crippen molar-refractivity contribution in [3.8, 4) is 34.3 Å². The molecular weight excluding hydrogens is 508 g/mol. The van der Waals surface area contributed by atoms with Gasteiger partial charge < -0.3 is 14.5 Å². The van der Waals surface area contributed by atoms with E-state index in [4.69, 9.17) is 19.1 Å². The maximum atomic E-state index is 6.21. The van der Waals surface area contributed by atoms with Gasteiger partial charge in [0.15, 0.2) is 5.58 Å². The van der Waals surface area contributed by atoms with E-state index in [1.165, 1.54) is 0 Å². The standard InChI is InChI=1S/C35H22N4O2/c1-2-12-26-22(8-1)19-20-23-9-3-11-25(34(23)39-26)28-14-6-18-32(38-28)41-31-17-5-13-27(37-31)24-10-4-15-29-33(24)35-30(40-29)16-7-21-36-35/h1-21,39H. The van der Waals surface area contributed by atoms with Crippen LogP contribution in [0, 0.1) is 0 Å². The lowest BCUT2D eigenvalue weighted by atomic mass is 10.0. The molecule has 3 aromatic carbocycles. The third-order valence-corrected chi connectivity index (χ3v) is 7.22. The SMILES string of the molecule is C1=Cc2cccc(-c3cccc(Oc4cccc(-c5cccc6oc7cccnc7c56)n4)n3)c2Nc2ccccc21. The summed E-state index contributed by atoms with van der Waals surface area (Å²) >= 11 is 0. The van der Waals surface area contributed by atoms with E-state index in [0.717, 1.165) is 67.1 Å². The van der Waals surface area contributed by atoms with Crippen molar-refractivity contribution < 1.29 is 9.15 Å². The zero-order chi connectivity index (χ0) is 27.2. The molecule has 6 nitrogen and oxygen atoms in total. The molecule has 0 amide bonds. The summed E-state index contributed by atoms with van der Waals surface area (Å²) in [6.07, 6.45) is 6.04. The highest BCUT2D eigenvalue weighted by atomic mass is 16.5. The molecule has 6 heteroatoms. The fraction of sp³-hybridized carbons (Fsp3) is 0. The van der Waals surface area contributed by atoms with Crippen molar-refractivity contribution in [1.82, 2.24) is 15.0 Å². The first kappa shape index (κ1) is 23.2. The lowest BCUT2D eigenvalue weighted by Crippen LogP contribution is -1.98. The highest BCUT2D eigenvalue weighted by Gasteiger charge is 2.16. The van der Waals surface area contributed by atoms with Gasteiger partial charge in [-0.2, -0.15) is 0 Å². The first-order chi connectivity index (χ1) is 20.3. The minimum atomic E-state index is 0.451. The Morgan fingerprint density at radius 1 is 0.585 bits per heavy atom. The van der Waals surface area contributed by atoms with Crippen molar-refractivity contribution in [1.29, 1.82) is 0 Å². The summed E-state index contributed by atoms with van der Waals surface area (Å²) in [5, 5.41) is 4.55. The first-order valence-electron chi connectivity index (χ1n) is 13.4. The molecule has 0 saturated carbocycles. The van der Waals surface area contributed by atoms with Crippen LogP contribution in [-0.4, -0.2) is 15.0 Å². The van der Waals surface area contributed by atoms with E-state index in [2.05, 4.69) is 46.7 Å². The van der Waals surface area contributed by atoms with E-state index < -0.39 is 0 Å². The molecule has 0 atom stereocenters. The van der Waals surface area contributed by atoms with Crippen LogP contribution < -0.4 is 10.1 Å². The third kappa shape index (κ3) is 4.10. The zero-order valence-electron chi connectivity index (χ0n) is 21.8. The van der Waals surface area contributed by atoms with Crippen LogP contribution in [0.15, 0.2) is 120 Å². The summed E-state index contributed by atoms with van der Waals surface area (Å²) in [6, 6.07) is 35.7. The Balaban J connectivity index is 1.15. The molecule has 0 saturated heterocycles. The topological polar surface area (TPSA) is 73.1 Å². The molecule has 5 heterocycles. The number of fused-ring (bicyclic) bond motifs is 5. The molecule has 0 unspecified atom stereocenters. The van der Waals surface area contributed by atoms with Gasteiger partial charge in [0.25, 0.3) is 0 Å². The molecule has 0 bridgehead atoms. The molecule has 0 fully saturated rings. The summed E-state index contributed by atoms with van der Waals surface area (Å²) in [6.45, 7) is 0. The molecule has 1 aliphatic heterocycles. The number of furan rings is 1. The zero-order valence-corrected chi connectivity index (χ0v) is 21.8. The number of nitrogens with one attached hydrogen (secondary N) is 1. The van der Waals surface area contributed by atoms with E-state index in [-0.39, 0.29) is 0 Å². The molecule has 0 aliphatic carbocycles. The van der Waals surface area contributed by atoms with E-state index >= 15 is 0 Å². The second kappa shape index (κ2) is 9.47. The lowest BCUT2D eigenvalue weighted by Gasteiger charge is -2.15. The second-order valence-electron chi connectivity index (χ2n) is 9.77. The quantitative estimate of drug-likeness (QED) is 0.245. The fourth-order valence-corrected chi connectivity index (χ4v) is 5.34. The van der Waals surface area contributed by atoms with E-state index in [1.807, 2.05) is 84.9 Å².